The van der Waals surface area contributed by atoms with Gasteiger partial charge in [-0.1, -0.05) is 31.3 Å². The second kappa shape index (κ2) is 6.52. The lowest BCUT2D eigenvalue weighted by Gasteiger charge is -2.39. The van der Waals surface area contributed by atoms with Gasteiger partial charge in [-0.05, 0) is 49.3 Å². The van der Waals surface area contributed by atoms with E-state index in [1.807, 2.05) is 0 Å². The van der Waals surface area contributed by atoms with Crippen molar-refractivity contribution < 1.29 is 9.18 Å². The first kappa shape index (κ1) is 15.9. The Morgan fingerprint density at radius 3 is 2.48 bits per heavy atom. The molecule has 2 rings (SSSR count). The van der Waals surface area contributed by atoms with Crippen LogP contribution >= 0.6 is 12.2 Å². The lowest BCUT2D eigenvalue weighted by atomic mass is 9.77. The number of benzene rings is 1. The molecule has 3 N–H and O–H groups in total. The van der Waals surface area contributed by atoms with Gasteiger partial charge in [0.15, 0.2) is 0 Å². The number of carbonyl (C=O) groups is 1. The summed E-state index contributed by atoms with van der Waals surface area (Å²) in [4.78, 5) is 12.6. The maximum atomic E-state index is 12.9. The van der Waals surface area contributed by atoms with Crippen molar-refractivity contribution in [3.05, 3.63) is 35.6 Å². The first-order valence-corrected chi connectivity index (χ1v) is 7.67. The number of thiocarbonyl (C=S) groups is 1. The Bertz CT molecular complexity index is 522. The van der Waals surface area contributed by atoms with E-state index in [2.05, 4.69) is 12.2 Å². The molecule has 0 unspecified atom stereocenters. The van der Waals surface area contributed by atoms with Crippen LogP contribution in [0.15, 0.2) is 24.3 Å². The average molecular weight is 308 g/mol. The fraction of sp³-hybridized carbons (Fsp3) is 0.500. The van der Waals surface area contributed by atoms with Crippen LogP contribution in [0.25, 0.3) is 0 Å². The topological polar surface area (TPSA) is 55.1 Å². The van der Waals surface area contributed by atoms with E-state index in [9.17, 15) is 9.18 Å². The summed E-state index contributed by atoms with van der Waals surface area (Å²) in [6.45, 7) is 2.20. The van der Waals surface area contributed by atoms with Gasteiger partial charge in [-0.25, -0.2) is 4.39 Å². The quantitative estimate of drug-likeness (QED) is 0.841. The standard InChI is InChI=1S/C16H21FN2OS/c1-11-6-8-16(9-7-11,15(18)21)19-14(20)10-12-2-4-13(17)5-3-12/h2-5,11H,6-10H2,1H3,(H2,18,21)(H,19,20). The highest BCUT2D eigenvalue weighted by Gasteiger charge is 2.38. The predicted molar refractivity (Wildman–Crippen MR) is 85.4 cm³/mol. The first-order chi connectivity index (χ1) is 9.91. The van der Waals surface area contributed by atoms with Crippen molar-refractivity contribution in [2.75, 3.05) is 0 Å². The predicted octanol–water partition coefficient (Wildman–Crippen LogP) is 2.72. The number of nitrogens with one attached hydrogen (secondary N) is 1. The van der Waals surface area contributed by atoms with Crippen LogP contribution in [0.4, 0.5) is 4.39 Å². The minimum absolute atomic E-state index is 0.121. The van der Waals surface area contributed by atoms with Gasteiger partial charge in [0.25, 0.3) is 0 Å². The van der Waals surface area contributed by atoms with E-state index in [1.54, 1.807) is 12.1 Å². The van der Waals surface area contributed by atoms with Gasteiger partial charge in [0.05, 0.1) is 16.9 Å². The molecule has 1 fully saturated rings. The highest BCUT2D eigenvalue weighted by Crippen LogP contribution is 2.32. The van der Waals surface area contributed by atoms with E-state index < -0.39 is 5.54 Å². The molecule has 5 heteroatoms. The minimum Gasteiger partial charge on any atom is -0.391 e. The van der Waals surface area contributed by atoms with Crippen LogP contribution in [0.3, 0.4) is 0 Å². The summed E-state index contributed by atoms with van der Waals surface area (Å²) < 4.78 is 12.9. The van der Waals surface area contributed by atoms with E-state index in [4.69, 9.17) is 18.0 Å². The van der Waals surface area contributed by atoms with Gasteiger partial charge < -0.3 is 11.1 Å². The van der Waals surface area contributed by atoms with E-state index in [1.165, 1.54) is 12.1 Å². The molecule has 1 amide bonds. The van der Waals surface area contributed by atoms with Crippen LogP contribution in [-0.2, 0) is 11.2 Å². The Kier molecular flexibility index (Phi) is 4.93. The molecule has 0 radical (unpaired) electrons. The molecular formula is C16H21FN2OS. The number of hydrogen-bond donors (Lipinski definition) is 2. The van der Waals surface area contributed by atoms with Crippen molar-refractivity contribution in [2.24, 2.45) is 11.7 Å². The number of carbonyl (C=O) groups excluding carboxylic acids is 1. The molecule has 0 atom stereocenters. The normalized spacial score (nSPS) is 25.3. The fourth-order valence-electron chi connectivity index (χ4n) is 2.79. The second-order valence-electron chi connectivity index (χ2n) is 5.98. The number of halogens is 1. The molecule has 0 aliphatic heterocycles. The van der Waals surface area contributed by atoms with Gasteiger partial charge in [-0.3, -0.25) is 4.79 Å². The number of hydrogen-bond acceptors (Lipinski definition) is 2. The zero-order chi connectivity index (χ0) is 15.5. The summed E-state index contributed by atoms with van der Waals surface area (Å²) in [5.41, 5.74) is 6.09. The highest BCUT2D eigenvalue weighted by atomic mass is 32.1. The lowest BCUT2D eigenvalue weighted by Crippen LogP contribution is -2.58. The third kappa shape index (κ3) is 4.00. The number of rotatable bonds is 4. The molecule has 114 valence electrons. The summed E-state index contributed by atoms with van der Waals surface area (Å²) in [6, 6.07) is 5.94. The molecule has 1 aromatic rings. The Balaban J connectivity index is 2.02. The molecule has 0 spiro atoms. The van der Waals surface area contributed by atoms with Gasteiger partial charge >= 0.3 is 0 Å². The Morgan fingerprint density at radius 2 is 1.95 bits per heavy atom. The molecule has 3 nitrogen and oxygen atoms in total. The summed E-state index contributed by atoms with van der Waals surface area (Å²) in [6.07, 6.45) is 3.81. The second-order valence-corrected chi connectivity index (χ2v) is 6.42. The number of nitrogens with two attached hydrogens (primary N) is 1. The monoisotopic (exact) mass is 308 g/mol. The van der Waals surface area contributed by atoms with Crippen molar-refractivity contribution in [3.8, 4) is 0 Å². The van der Waals surface area contributed by atoms with Gasteiger partial charge in [0.2, 0.25) is 5.91 Å². The van der Waals surface area contributed by atoms with Crippen molar-refractivity contribution in [1.82, 2.24) is 5.32 Å². The number of amides is 1. The Morgan fingerprint density at radius 1 is 1.38 bits per heavy atom. The van der Waals surface area contributed by atoms with E-state index in [0.717, 1.165) is 31.2 Å². The van der Waals surface area contributed by atoms with E-state index in [-0.39, 0.29) is 18.1 Å². The summed E-state index contributed by atoms with van der Waals surface area (Å²) in [5.74, 6) is 0.213. The van der Waals surface area contributed by atoms with Crippen LogP contribution in [0.5, 0.6) is 0 Å². The van der Waals surface area contributed by atoms with Crippen LogP contribution in [0.2, 0.25) is 0 Å². The molecule has 0 heterocycles. The van der Waals surface area contributed by atoms with Crippen molar-refractivity contribution in [1.29, 1.82) is 0 Å². The van der Waals surface area contributed by atoms with Gasteiger partial charge in [-0.15, -0.1) is 0 Å². The average Bonchev–Trinajstić information content (AvgIpc) is 2.44. The Labute approximate surface area is 130 Å². The van der Waals surface area contributed by atoms with Crippen LogP contribution in [-0.4, -0.2) is 16.4 Å². The summed E-state index contributed by atoms with van der Waals surface area (Å²) in [5, 5.41) is 3.02. The van der Waals surface area contributed by atoms with Crippen molar-refractivity contribution in [2.45, 2.75) is 44.6 Å². The lowest BCUT2D eigenvalue weighted by molar-refractivity contribution is -0.122. The van der Waals surface area contributed by atoms with Crippen molar-refractivity contribution >= 4 is 23.1 Å². The molecule has 1 aliphatic carbocycles. The van der Waals surface area contributed by atoms with Crippen LogP contribution in [0, 0.1) is 11.7 Å². The largest absolute Gasteiger partial charge is 0.391 e. The molecular weight excluding hydrogens is 287 g/mol. The Hall–Kier alpha value is -1.49. The zero-order valence-corrected chi connectivity index (χ0v) is 13.0. The van der Waals surface area contributed by atoms with E-state index >= 15 is 0 Å². The summed E-state index contributed by atoms with van der Waals surface area (Å²) in [7, 11) is 0. The maximum Gasteiger partial charge on any atom is 0.225 e. The molecule has 1 aromatic carbocycles. The smallest absolute Gasteiger partial charge is 0.225 e. The maximum absolute atomic E-state index is 12.9. The molecule has 0 saturated heterocycles. The highest BCUT2D eigenvalue weighted by molar-refractivity contribution is 7.80. The molecule has 0 aromatic heterocycles. The third-order valence-electron chi connectivity index (χ3n) is 4.26. The molecule has 1 saturated carbocycles. The molecule has 1 aliphatic rings. The summed E-state index contributed by atoms with van der Waals surface area (Å²) >= 11 is 5.18. The van der Waals surface area contributed by atoms with Gasteiger partial charge in [0, 0.05) is 0 Å². The van der Waals surface area contributed by atoms with Crippen LogP contribution in [0.1, 0.15) is 38.2 Å². The van der Waals surface area contributed by atoms with Crippen molar-refractivity contribution in [3.63, 3.8) is 0 Å². The molecule has 0 bridgehead atoms. The minimum atomic E-state index is -0.557. The molecule has 21 heavy (non-hydrogen) atoms. The zero-order valence-electron chi connectivity index (χ0n) is 12.2. The third-order valence-corrected chi connectivity index (χ3v) is 4.65. The fourth-order valence-corrected chi connectivity index (χ4v) is 3.04. The van der Waals surface area contributed by atoms with Gasteiger partial charge in [0.1, 0.15) is 5.82 Å². The van der Waals surface area contributed by atoms with Crippen LogP contribution < -0.4 is 11.1 Å². The van der Waals surface area contributed by atoms with E-state index in [0.29, 0.717) is 10.9 Å². The first-order valence-electron chi connectivity index (χ1n) is 7.27. The SMILES string of the molecule is CC1CCC(NC(=O)Cc2ccc(F)cc2)(C(N)=S)CC1. The van der Waals surface area contributed by atoms with Gasteiger partial charge in [-0.2, -0.15) is 0 Å².